The molecule has 3 fully saturated rings. The molecular formula is C16H30N2O. The molecule has 110 valence electrons. The summed E-state index contributed by atoms with van der Waals surface area (Å²) in [6, 6.07) is 1.72. The molecule has 0 bridgehead atoms. The summed E-state index contributed by atoms with van der Waals surface area (Å²) in [6.07, 6.45) is 7.74. The van der Waals surface area contributed by atoms with Crippen LogP contribution in [-0.2, 0) is 4.74 Å². The molecule has 2 heterocycles. The summed E-state index contributed by atoms with van der Waals surface area (Å²) in [5, 5.41) is 0. The number of ether oxygens (including phenoxy) is 1. The molecule has 0 aromatic rings. The van der Waals surface area contributed by atoms with E-state index < -0.39 is 0 Å². The molecule has 3 rings (SSSR count). The Hall–Kier alpha value is -0.120. The monoisotopic (exact) mass is 266 g/mol. The van der Waals surface area contributed by atoms with Crippen LogP contribution in [0.25, 0.3) is 0 Å². The minimum atomic E-state index is 0.423. The summed E-state index contributed by atoms with van der Waals surface area (Å²) in [6.45, 7) is 10.3. The van der Waals surface area contributed by atoms with Crippen molar-refractivity contribution in [2.45, 2.75) is 64.1 Å². The molecule has 3 heteroatoms. The molecule has 2 saturated heterocycles. The molecule has 4 atom stereocenters. The molecule has 3 aliphatic rings. The quantitative estimate of drug-likeness (QED) is 0.780. The van der Waals surface area contributed by atoms with Crippen LogP contribution in [0.5, 0.6) is 0 Å². The second-order valence-electron chi connectivity index (χ2n) is 6.92. The van der Waals surface area contributed by atoms with E-state index >= 15 is 0 Å². The molecule has 0 radical (unpaired) electrons. The maximum atomic E-state index is 5.63. The van der Waals surface area contributed by atoms with Gasteiger partial charge in [0.1, 0.15) is 0 Å². The van der Waals surface area contributed by atoms with Gasteiger partial charge in [-0.15, -0.1) is 0 Å². The Morgan fingerprint density at radius 2 is 1.95 bits per heavy atom. The Bertz CT molecular complexity index is 296. The first-order chi connectivity index (χ1) is 9.24. The van der Waals surface area contributed by atoms with Gasteiger partial charge in [0, 0.05) is 38.3 Å². The minimum absolute atomic E-state index is 0.423. The molecule has 1 saturated carbocycles. The van der Waals surface area contributed by atoms with Crippen LogP contribution in [0.4, 0.5) is 0 Å². The van der Waals surface area contributed by atoms with E-state index in [1.807, 2.05) is 0 Å². The van der Waals surface area contributed by atoms with E-state index in [0.717, 1.165) is 37.7 Å². The van der Waals surface area contributed by atoms with Gasteiger partial charge in [-0.05, 0) is 39.0 Å². The molecule has 19 heavy (non-hydrogen) atoms. The normalized spacial score (nSPS) is 41.4. The molecule has 0 amide bonds. The number of likely N-dealkylation sites (tertiary alicyclic amines) is 1. The Balaban J connectivity index is 1.51. The highest BCUT2D eigenvalue weighted by Gasteiger charge is 2.39. The van der Waals surface area contributed by atoms with E-state index in [1.54, 1.807) is 0 Å². The summed E-state index contributed by atoms with van der Waals surface area (Å²) in [5.41, 5.74) is 0. The largest absolute Gasteiger partial charge is 0.376 e. The molecule has 0 N–H and O–H groups in total. The molecule has 3 nitrogen and oxygen atoms in total. The maximum Gasteiger partial charge on any atom is 0.0674 e. The van der Waals surface area contributed by atoms with Crippen LogP contribution in [0.2, 0.25) is 0 Å². The van der Waals surface area contributed by atoms with Gasteiger partial charge in [-0.3, -0.25) is 9.80 Å². The molecular weight excluding hydrogens is 236 g/mol. The number of hydrogen-bond donors (Lipinski definition) is 0. The van der Waals surface area contributed by atoms with E-state index in [1.165, 1.54) is 45.2 Å². The summed E-state index contributed by atoms with van der Waals surface area (Å²) in [4.78, 5) is 5.42. The topological polar surface area (TPSA) is 15.7 Å². The standard InChI is InChI=1S/C16H30N2O/c1-13-11-15-5-3-4-6-16(15)18(13)8-7-17-9-10-19-14(2)12-17/h13-16H,3-12H2,1-2H3/t13-,14-,15+,16-/m1/s1. The SMILES string of the molecule is C[C@@H]1CN(CCN2[C@H](C)C[C@@H]3CCCC[C@H]32)CCO1. The highest BCUT2D eigenvalue weighted by Crippen LogP contribution is 2.39. The first-order valence-electron chi connectivity index (χ1n) is 8.33. The third-order valence-electron chi connectivity index (χ3n) is 5.50. The number of nitrogens with zero attached hydrogens (tertiary/aromatic N) is 2. The van der Waals surface area contributed by atoms with Crippen molar-refractivity contribution in [1.82, 2.24) is 9.80 Å². The fourth-order valence-electron chi connectivity index (χ4n) is 4.54. The van der Waals surface area contributed by atoms with Crippen LogP contribution < -0.4 is 0 Å². The van der Waals surface area contributed by atoms with E-state index in [4.69, 9.17) is 4.74 Å². The number of rotatable bonds is 3. The van der Waals surface area contributed by atoms with Crippen LogP contribution in [0.1, 0.15) is 46.0 Å². The van der Waals surface area contributed by atoms with Gasteiger partial charge in [0.05, 0.1) is 12.7 Å². The van der Waals surface area contributed by atoms with Crippen molar-refractivity contribution in [2.24, 2.45) is 5.92 Å². The van der Waals surface area contributed by atoms with Crippen molar-refractivity contribution in [3.05, 3.63) is 0 Å². The zero-order valence-electron chi connectivity index (χ0n) is 12.7. The van der Waals surface area contributed by atoms with Crippen LogP contribution in [0.3, 0.4) is 0 Å². The van der Waals surface area contributed by atoms with Crippen LogP contribution in [0, 0.1) is 5.92 Å². The van der Waals surface area contributed by atoms with E-state index in [9.17, 15) is 0 Å². The summed E-state index contributed by atoms with van der Waals surface area (Å²) >= 11 is 0. The first kappa shape index (κ1) is 13.8. The molecule has 0 aromatic heterocycles. The van der Waals surface area contributed by atoms with E-state index in [0.29, 0.717) is 6.10 Å². The molecule has 0 aromatic carbocycles. The van der Waals surface area contributed by atoms with Gasteiger partial charge in [-0.25, -0.2) is 0 Å². The second kappa shape index (κ2) is 6.11. The molecule has 2 aliphatic heterocycles. The van der Waals surface area contributed by atoms with Gasteiger partial charge in [-0.2, -0.15) is 0 Å². The maximum absolute atomic E-state index is 5.63. The minimum Gasteiger partial charge on any atom is -0.376 e. The number of fused-ring (bicyclic) bond motifs is 1. The van der Waals surface area contributed by atoms with Gasteiger partial charge >= 0.3 is 0 Å². The van der Waals surface area contributed by atoms with Crippen LogP contribution >= 0.6 is 0 Å². The van der Waals surface area contributed by atoms with Crippen molar-refractivity contribution in [1.29, 1.82) is 0 Å². The van der Waals surface area contributed by atoms with Crippen molar-refractivity contribution in [2.75, 3.05) is 32.8 Å². The molecule has 1 aliphatic carbocycles. The first-order valence-corrected chi connectivity index (χ1v) is 8.33. The lowest BCUT2D eigenvalue weighted by Crippen LogP contribution is -2.47. The fraction of sp³-hybridized carbons (Fsp3) is 1.00. The Morgan fingerprint density at radius 1 is 1.11 bits per heavy atom. The third-order valence-corrected chi connectivity index (χ3v) is 5.50. The van der Waals surface area contributed by atoms with Crippen molar-refractivity contribution < 1.29 is 4.74 Å². The Morgan fingerprint density at radius 3 is 2.79 bits per heavy atom. The van der Waals surface area contributed by atoms with Gasteiger partial charge in [0.15, 0.2) is 0 Å². The van der Waals surface area contributed by atoms with Crippen molar-refractivity contribution in [3.8, 4) is 0 Å². The summed E-state index contributed by atoms with van der Waals surface area (Å²) in [7, 11) is 0. The average Bonchev–Trinajstić information content (AvgIpc) is 2.72. The average molecular weight is 266 g/mol. The van der Waals surface area contributed by atoms with Gasteiger partial charge < -0.3 is 4.74 Å². The van der Waals surface area contributed by atoms with Gasteiger partial charge in [0.25, 0.3) is 0 Å². The smallest absolute Gasteiger partial charge is 0.0674 e. The summed E-state index contributed by atoms with van der Waals surface area (Å²) in [5.74, 6) is 1.01. The lowest BCUT2D eigenvalue weighted by Gasteiger charge is -2.36. The molecule has 0 unspecified atom stereocenters. The second-order valence-corrected chi connectivity index (χ2v) is 6.92. The van der Waals surface area contributed by atoms with Crippen LogP contribution in [-0.4, -0.2) is 60.8 Å². The van der Waals surface area contributed by atoms with Gasteiger partial charge in [0.2, 0.25) is 0 Å². The number of morpholine rings is 1. The van der Waals surface area contributed by atoms with Crippen molar-refractivity contribution >= 4 is 0 Å². The third kappa shape index (κ3) is 3.14. The molecule has 0 spiro atoms. The van der Waals surface area contributed by atoms with Gasteiger partial charge in [-0.1, -0.05) is 12.8 Å². The highest BCUT2D eigenvalue weighted by molar-refractivity contribution is 4.94. The Labute approximate surface area is 118 Å². The highest BCUT2D eigenvalue weighted by atomic mass is 16.5. The lowest BCUT2D eigenvalue weighted by molar-refractivity contribution is -0.0224. The number of hydrogen-bond acceptors (Lipinski definition) is 3. The zero-order chi connectivity index (χ0) is 13.2. The van der Waals surface area contributed by atoms with Crippen molar-refractivity contribution in [3.63, 3.8) is 0 Å². The predicted molar refractivity (Wildman–Crippen MR) is 78.4 cm³/mol. The van der Waals surface area contributed by atoms with Crippen LogP contribution in [0.15, 0.2) is 0 Å². The summed E-state index contributed by atoms with van der Waals surface area (Å²) < 4.78 is 5.63. The van der Waals surface area contributed by atoms with E-state index in [-0.39, 0.29) is 0 Å². The fourth-order valence-corrected chi connectivity index (χ4v) is 4.54. The van der Waals surface area contributed by atoms with E-state index in [2.05, 4.69) is 23.6 Å². The zero-order valence-corrected chi connectivity index (χ0v) is 12.7. The Kier molecular flexibility index (Phi) is 4.45. The predicted octanol–water partition coefficient (Wildman–Crippen LogP) is 2.36. The lowest BCUT2D eigenvalue weighted by atomic mass is 9.85.